The Morgan fingerprint density at radius 3 is 2.57 bits per heavy atom. The molecule has 5 nitrogen and oxygen atoms in total. The number of nitrogens with zero attached hydrogens (tertiary/aromatic N) is 1. The second kappa shape index (κ2) is 10.2. The lowest BCUT2D eigenvalue weighted by Gasteiger charge is -2.37. The van der Waals surface area contributed by atoms with Crippen LogP contribution in [-0.2, 0) is 19.5 Å². The minimum atomic E-state index is -0.277. The molecule has 0 aliphatic carbocycles. The first-order valence-electron chi connectivity index (χ1n) is 9.67. The molecule has 0 amide bonds. The molecule has 2 aliphatic rings. The molecule has 0 spiro atoms. The van der Waals surface area contributed by atoms with Crippen LogP contribution < -0.4 is 34.6 Å². The van der Waals surface area contributed by atoms with E-state index in [0.29, 0.717) is 6.04 Å². The van der Waals surface area contributed by atoms with E-state index in [1.807, 2.05) is 6.07 Å². The number of halogens is 2. The standard InChI is InChI=1S/C21H25N3O2.2ClH/c25-24(26)20-9-8-18-10-12-23(15-19(18)13-20)21-7-4-11-22(16-21)14-17-5-2-1-3-6-17;;/h1-3,5-6,8-9,13,21H,4,7,10-12,14-16H2;2*1H. The Kier molecular flexibility index (Phi) is 8.25. The van der Waals surface area contributed by atoms with E-state index in [4.69, 9.17) is 0 Å². The molecule has 2 aliphatic heterocycles. The molecule has 0 radical (unpaired) electrons. The van der Waals surface area contributed by atoms with Gasteiger partial charge in [-0.15, -0.1) is 0 Å². The molecule has 2 aromatic rings. The largest absolute Gasteiger partial charge is 1.00 e. The monoisotopic (exact) mass is 423 g/mol. The molecule has 0 aromatic heterocycles. The second-order valence-electron chi connectivity index (χ2n) is 7.75. The fourth-order valence-electron chi connectivity index (χ4n) is 4.66. The van der Waals surface area contributed by atoms with Gasteiger partial charge in [-0.05, 0) is 5.56 Å². The highest BCUT2D eigenvalue weighted by atomic mass is 35.5. The molecule has 1 saturated heterocycles. The third-order valence-corrected chi connectivity index (χ3v) is 6.03. The number of piperidine rings is 1. The lowest BCUT2D eigenvalue weighted by atomic mass is 9.95. The van der Waals surface area contributed by atoms with Crippen molar-refractivity contribution in [1.29, 1.82) is 0 Å². The number of benzene rings is 2. The summed E-state index contributed by atoms with van der Waals surface area (Å²) in [5.74, 6) is 0. The molecule has 2 N–H and O–H groups in total. The molecule has 2 aromatic carbocycles. The number of nitrogens with one attached hydrogen (secondary N) is 2. The van der Waals surface area contributed by atoms with Gasteiger partial charge in [-0.3, -0.25) is 10.1 Å². The Labute approximate surface area is 178 Å². The third kappa shape index (κ3) is 5.23. The van der Waals surface area contributed by atoms with E-state index in [9.17, 15) is 10.1 Å². The van der Waals surface area contributed by atoms with Crippen LogP contribution in [0.3, 0.4) is 0 Å². The number of quaternary nitrogens is 2. The van der Waals surface area contributed by atoms with E-state index in [2.05, 4.69) is 30.3 Å². The number of rotatable bonds is 4. The maximum atomic E-state index is 11.1. The van der Waals surface area contributed by atoms with Crippen LogP contribution in [-0.4, -0.2) is 30.6 Å². The van der Waals surface area contributed by atoms with Crippen LogP contribution in [0, 0.1) is 10.1 Å². The second-order valence-corrected chi connectivity index (χ2v) is 7.75. The molecule has 3 unspecified atom stereocenters. The Hall–Kier alpha value is -1.66. The van der Waals surface area contributed by atoms with Crippen LogP contribution in [0.5, 0.6) is 0 Å². The summed E-state index contributed by atoms with van der Waals surface area (Å²) >= 11 is 0. The summed E-state index contributed by atoms with van der Waals surface area (Å²) in [4.78, 5) is 14.1. The normalized spacial score (nSPS) is 23.6. The molecule has 0 saturated carbocycles. The van der Waals surface area contributed by atoms with Crippen molar-refractivity contribution in [1.82, 2.24) is 0 Å². The van der Waals surface area contributed by atoms with Crippen molar-refractivity contribution in [2.75, 3.05) is 19.6 Å². The van der Waals surface area contributed by atoms with Gasteiger partial charge in [0.25, 0.3) is 5.69 Å². The summed E-state index contributed by atoms with van der Waals surface area (Å²) in [7, 11) is 0. The fourth-order valence-corrected chi connectivity index (χ4v) is 4.66. The molecule has 2 heterocycles. The van der Waals surface area contributed by atoms with Gasteiger partial charge in [0, 0.05) is 42.5 Å². The van der Waals surface area contributed by atoms with Crippen LogP contribution in [0.2, 0.25) is 0 Å². The van der Waals surface area contributed by atoms with Crippen molar-refractivity contribution in [3.8, 4) is 0 Å². The van der Waals surface area contributed by atoms with Crippen molar-refractivity contribution in [2.45, 2.75) is 38.4 Å². The van der Waals surface area contributed by atoms with Crippen molar-refractivity contribution < 1.29 is 39.5 Å². The average molecular weight is 424 g/mol. The maximum absolute atomic E-state index is 11.1. The zero-order valence-electron chi connectivity index (χ0n) is 15.9. The Bertz CT molecular complexity index is 788. The fraction of sp³-hybridized carbons (Fsp3) is 0.429. The van der Waals surface area contributed by atoms with E-state index in [1.165, 1.54) is 42.6 Å². The summed E-state index contributed by atoms with van der Waals surface area (Å²) in [5.41, 5.74) is 4.11. The van der Waals surface area contributed by atoms with E-state index < -0.39 is 0 Å². The smallest absolute Gasteiger partial charge is 0.269 e. The number of fused-ring (bicyclic) bond motifs is 1. The van der Waals surface area contributed by atoms with E-state index in [0.717, 1.165) is 26.1 Å². The lowest BCUT2D eigenvalue weighted by Crippen LogP contribution is -3.24. The van der Waals surface area contributed by atoms with Crippen molar-refractivity contribution in [3.63, 3.8) is 0 Å². The molecule has 3 atom stereocenters. The third-order valence-electron chi connectivity index (χ3n) is 6.03. The van der Waals surface area contributed by atoms with Gasteiger partial charge in [-0.25, -0.2) is 0 Å². The van der Waals surface area contributed by atoms with Crippen LogP contribution in [0.15, 0.2) is 48.5 Å². The minimum Gasteiger partial charge on any atom is -1.00 e. The molecular formula is C21H27Cl2N3O2. The SMILES string of the molecule is O=[N+]([O-])c1ccc2c(c1)C[NH+](C1CCC[NH+](Cc3ccccc3)C1)CC2.[Cl-].[Cl-]. The number of nitro groups is 1. The van der Waals surface area contributed by atoms with E-state index in [1.54, 1.807) is 21.9 Å². The molecule has 0 bridgehead atoms. The van der Waals surface area contributed by atoms with Gasteiger partial charge in [-0.2, -0.15) is 0 Å². The maximum Gasteiger partial charge on any atom is 0.269 e. The average Bonchev–Trinajstić information content (AvgIpc) is 2.68. The lowest BCUT2D eigenvalue weighted by molar-refractivity contribution is -0.998. The van der Waals surface area contributed by atoms with Gasteiger partial charge in [0.05, 0.1) is 18.0 Å². The zero-order valence-corrected chi connectivity index (χ0v) is 17.4. The van der Waals surface area contributed by atoms with Crippen molar-refractivity contribution in [2.24, 2.45) is 0 Å². The topological polar surface area (TPSA) is 52.0 Å². The summed E-state index contributed by atoms with van der Waals surface area (Å²) in [5, 5.41) is 11.1. The van der Waals surface area contributed by atoms with Crippen molar-refractivity contribution in [3.05, 3.63) is 75.3 Å². The minimum absolute atomic E-state index is 0. The van der Waals surface area contributed by atoms with Gasteiger partial charge in [0.2, 0.25) is 0 Å². The quantitative estimate of drug-likeness (QED) is 0.381. The van der Waals surface area contributed by atoms with Gasteiger partial charge < -0.3 is 34.6 Å². The number of non-ortho nitro benzene ring substituents is 1. The molecule has 28 heavy (non-hydrogen) atoms. The predicted octanol–water partition coefficient (Wildman–Crippen LogP) is -5.21. The summed E-state index contributed by atoms with van der Waals surface area (Å²) in [6, 6.07) is 16.8. The van der Waals surface area contributed by atoms with Gasteiger partial charge in [-0.1, -0.05) is 36.4 Å². The van der Waals surface area contributed by atoms with Crippen LogP contribution in [0.1, 0.15) is 29.5 Å². The molecule has 152 valence electrons. The highest BCUT2D eigenvalue weighted by Crippen LogP contribution is 2.19. The molecule has 1 fully saturated rings. The summed E-state index contributed by atoms with van der Waals surface area (Å²) < 4.78 is 0. The molecule has 7 heteroatoms. The molecule has 4 rings (SSSR count). The first-order valence-corrected chi connectivity index (χ1v) is 9.67. The number of likely N-dealkylation sites (tertiary alicyclic amines) is 1. The first kappa shape index (κ1) is 22.6. The van der Waals surface area contributed by atoms with E-state index >= 15 is 0 Å². The van der Waals surface area contributed by atoms with Crippen LogP contribution >= 0.6 is 0 Å². The Morgan fingerprint density at radius 1 is 1.04 bits per heavy atom. The van der Waals surface area contributed by atoms with Gasteiger partial charge in [0.15, 0.2) is 0 Å². The highest BCUT2D eigenvalue weighted by molar-refractivity contribution is 5.40. The van der Waals surface area contributed by atoms with Crippen LogP contribution in [0.25, 0.3) is 0 Å². The van der Waals surface area contributed by atoms with Gasteiger partial charge in [0.1, 0.15) is 25.7 Å². The van der Waals surface area contributed by atoms with Gasteiger partial charge >= 0.3 is 0 Å². The summed E-state index contributed by atoms with van der Waals surface area (Å²) in [6.45, 7) is 5.64. The van der Waals surface area contributed by atoms with E-state index in [-0.39, 0.29) is 35.4 Å². The Morgan fingerprint density at radius 2 is 1.82 bits per heavy atom. The van der Waals surface area contributed by atoms with Crippen molar-refractivity contribution >= 4 is 5.69 Å². The highest BCUT2D eigenvalue weighted by Gasteiger charge is 2.33. The Balaban J connectivity index is 0.00000140. The predicted molar refractivity (Wildman–Crippen MR) is 100 cm³/mol. The number of hydrogen-bond acceptors (Lipinski definition) is 2. The van der Waals surface area contributed by atoms with Crippen LogP contribution in [0.4, 0.5) is 5.69 Å². The molecular weight excluding hydrogens is 397 g/mol. The zero-order chi connectivity index (χ0) is 17.9. The number of nitro benzene ring substituents is 1. The first-order chi connectivity index (χ1) is 12.7. The number of hydrogen-bond donors (Lipinski definition) is 2. The summed E-state index contributed by atoms with van der Waals surface area (Å²) in [6.07, 6.45) is 3.59.